The van der Waals surface area contributed by atoms with E-state index in [4.69, 9.17) is 0 Å². The quantitative estimate of drug-likeness (QED) is 0.797. The van der Waals surface area contributed by atoms with E-state index in [9.17, 15) is 0 Å². The molecule has 110 valence electrons. The first kappa shape index (κ1) is 13.4. The van der Waals surface area contributed by atoms with Crippen LogP contribution in [-0.2, 0) is 11.8 Å². The molecule has 0 atom stereocenters. The Morgan fingerprint density at radius 1 is 1.14 bits per heavy atom. The molecule has 1 aromatic heterocycles. The molecule has 0 aliphatic heterocycles. The summed E-state index contributed by atoms with van der Waals surface area (Å²) in [7, 11) is 0. The van der Waals surface area contributed by atoms with Crippen LogP contribution < -0.4 is 5.32 Å². The van der Waals surface area contributed by atoms with E-state index in [1.807, 2.05) is 11.3 Å². The summed E-state index contributed by atoms with van der Waals surface area (Å²) in [5.41, 5.74) is 1.59. The second-order valence-corrected chi connectivity index (χ2v) is 7.34. The molecule has 21 heavy (non-hydrogen) atoms. The van der Waals surface area contributed by atoms with Crippen LogP contribution in [0.25, 0.3) is 0 Å². The van der Waals surface area contributed by atoms with Gasteiger partial charge in [-0.05, 0) is 44.2 Å². The van der Waals surface area contributed by atoms with Crippen LogP contribution in [0.2, 0.25) is 0 Å². The zero-order chi connectivity index (χ0) is 14.1. The molecule has 1 heterocycles. The van der Waals surface area contributed by atoms with Gasteiger partial charge in [0.25, 0.3) is 0 Å². The van der Waals surface area contributed by atoms with Crippen molar-refractivity contribution in [2.24, 2.45) is 0 Å². The number of aromatic nitrogens is 2. The number of nitrogens with one attached hydrogen (secondary N) is 1. The van der Waals surface area contributed by atoms with Crippen molar-refractivity contribution in [3.8, 4) is 0 Å². The van der Waals surface area contributed by atoms with E-state index >= 15 is 0 Å². The minimum absolute atomic E-state index is 0.184. The lowest BCUT2D eigenvalue weighted by Gasteiger charge is -2.11. The van der Waals surface area contributed by atoms with E-state index in [1.54, 1.807) is 0 Å². The fourth-order valence-corrected chi connectivity index (χ4v) is 4.04. The Kier molecular flexibility index (Phi) is 3.51. The van der Waals surface area contributed by atoms with E-state index < -0.39 is 0 Å². The van der Waals surface area contributed by atoms with Crippen LogP contribution >= 0.6 is 11.3 Å². The van der Waals surface area contributed by atoms with Gasteiger partial charge in [0.1, 0.15) is 10.0 Å². The molecular formula is C17H21N3S. The van der Waals surface area contributed by atoms with Gasteiger partial charge in [0, 0.05) is 17.9 Å². The summed E-state index contributed by atoms with van der Waals surface area (Å²) in [4.78, 5) is 0. The summed E-state index contributed by atoms with van der Waals surface area (Å²) >= 11 is 1.82. The van der Waals surface area contributed by atoms with E-state index in [1.165, 1.54) is 47.7 Å². The van der Waals surface area contributed by atoms with E-state index in [2.05, 4.69) is 45.8 Å². The summed E-state index contributed by atoms with van der Waals surface area (Å²) in [6.07, 6.45) is 7.39. The molecule has 2 saturated carbocycles. The number of hydrogen-bond donors (Lipinski definition) is 1. The molecule has 0 bridgehead atoms. The standard InChI is InChI=1S/C17H21N3S/c1-2-5-13(6-3-1)17(10-11-17)16-20-19-15(21-16)7-4-12-18-14-8-9-14/h1-3,5-6,14,18H,4,7-12H2. The number of rotatable bonds is 7. The molecule has 2 aromatic rings. The molecule has 2 fully saturated rings. The lowest BCUT2D eigenvalue weighted by Crippen LogP contribution is -2.17. The molecule has 2 aliphatic carbocycles. The van der Waals surface area contributed by atoms with Crippen molar-refractivity contribution >= 4 is 11.3 Å². The fraction of sp³-hybridized carbons (Fsp3) is 0.529. The Labute approximate surface area is 129 Å². The number of aryl methyl sites for hydroxylation is 1. The normalized spacial score (nSPS) is 19.6. The number of benzene rings is 1. The highest BCUT2D eigenvalue weighted by Crippen LogP contribution is 2.54. The third-order valence-corrected chi connectivity index (χ3v) is 5.72. The maximum atomic E-state index is 4.50. The minimum atomic E-state index is 0.184. The van der Waals surface area contributed by atoms with Crippen LogP contribution in [0.4, 0.5) is 0 Å². The Bertz CT molecular complexity index is 600. The second-order valence-electron chi connectivity index (χ2n) is 6.28. The molecular weight excluding hydrogens is 278 g/mol. The van der Waals surface area contributed by atoms with Crippen molar-refractivity contribution in [2.75, 3.05) is 6.54 Å². The maximum Gasteiger partial charge on any atom is 0.128 e. The summed E-state index contributed by atoms with van der Waals surface area (Å²) in [6, 6.07) is 11.6. The van der Waals surface area contributed by atoms with E-state index in [0.29, 0.717) is 0 Å². The van der Waals surface area contributed by atoms with Crippen LogP contribution in [0, 0.1) is 0 Å². The largest absolute Gasteiger partial charge is 0.314 e. The van der Waals surface area contributed by atoms with Crippen molar-refractivity contribution in [3.05, 3.63) is 45.9 Å². The molecule has 4 heteroatoms. The van der Waals surface area contributed by atoms with Crippen LogP contribution in [0.15, 0.2) is 30.3 Å². The average Bonchev–Trinajstić information content (AvgIpc) is 3.45. The fourth-order valence-electron chi connectivity index (χ4n) is 2.89. The van der Waals surface area contributed by atoms with Gasteiger partial charge >= 0.3 is 0 Å². The van der Waals surface area contributed by atoms with Crippen LogP contribution in [0.5, 0.6) is 0 Å². The van der Waals surface area contributed by atoms with E-state index in [0.717, 1.165) is 19.0 Å². The monoisotopic (exact) mass is 299 g/mol. The highest BCUT2D eigenvalue weighted by Gasteiger charge is 2.48. The van der Waals surface area contributed by atoms with Crippen molar-refractivity contribution in [1.82, 2.24) is 15.5 Å². The van der Waals surface area contributed by atoms with Crippen molar-refractivity contribution in [3.63, 3.8) is 0 Å². The predicted octanol–water partition coefficient (Wildman–Crippen LogP) is 3.30. The summed E-state index contributed by atoms with van der Waals surface area (Å²) in [5.74, 6) is 0. The Morgan fingerprint density at radius 3 is 2.67 bits per heavy atom. The zero-order valence-corrected chi connectivity index (χ0v) is 13.0. The highest BCUT2D eigenvalue weighted by atomic mass is 32.1. The molecule has 0 spiro atoms. The molecule has 0 saturated heterocycles. The Morgan fingerprint density at radius 2 is 1.95 bits per heavy atom. The third-order valence-electron chi connectivity index (χ3n) is 4.53. The topological polar surface area (TPSA) is 37.8 Å². The number of nitrogens with zero attached hydrogens (tertiary/aromatic N) is 2. The summed E-state index contributed by atoms with van der Waals surface area (Å²) in [6.45, 7) is 1.11. The minimum Gasteiger partial charge on any atom is -0.314 e. The van der Waals surface area contributed by atoms with Gasteiger partial charge in [-0.3, -0.25) is 0 Å². The first-order chi connectivity index (χ1) is 10.4. The SMILES string of the molecule is c1ccc(C2(c3nnc(CCCNC4CC4)s3)CC2)cc1. The summed E-state index contributed by atoms with van der Waals surface area (Å²) in [5, 5.41) is 14.9. The van der Waals surface area contributed by atoms with Gasteiger partial charge in [-0.1, -0.05) is 30.3 Å². The maximum absolute atomic E-state index is 4.50. The average molecular weight is 299 g/mol. The first-order valence-electron chi connectivity index (χ1n) is 7.99. The Balaban J connectivity index is 1.39. The van der Waals surface area contributed by atoms with Gasteiger partial charge in [-0.15, -0.1) is 21.5 Å². The summed E-state index contributed by atoms with van der Waals surface area (Å²) < 4.78 is 0. The second kappa shape index (κ2) is 5.50. The highest BCUT2D eigenvalue weighted by molar-refractivity contribution is 7.11. The van der Waals surface area contributed by atoms with Gasteiger partial charge in [0.05, 0.1) is 0 Å². The van der Waals surface area contributed by atoms with Crippen LogP contribution in [0.3, 0.4) is 0 Å². The molecule has 2 aliphatic rings. The molecule has 0 unspecified atom stereocenters. The molecule has 3 nitrogen and oxygen atoms in total. The van der Waals surface area contributed by atoms with Crippen molar-refractivity contribution < 1.29 is 0 Å². The van der Waals surface area contributed by atoms with Crippen LogP contribution in [-0.4, -0.2) is 22.8 Å². The zero-order valence-electron chi connectivity index (χ0n) is 12.2. The van der Waals surface area contributed by atoms with E-state index in [-0.39, 0.29) is 5.41 Å². The Hall–Kier alpha value is -1.26. The molecule has 1 aromatic carbocycles. The molecule has 0 radical (unpaired) electrons. The lowest BCUT2D eigenvalue weighted by molar-refractivity contribution is 0.642. The molecule has 0 amide bonds. The van der Waals surface area contributed by atoms with Gasteiger partial charge in [0.2, 0.25) is 0 Å². The smallest absolute Gasteiger partial charge is 0.128 e. The molecule has 1 N–H and O–H groups in total. The molecule has 4 rings (SSSR count). The lowest BCUT2D eigenvalue weighted by atomic mass is 9.97. The van der Waals surface area contributed by atoms with Crippen molar-refractivity contribution in [2.45, 2.75) is 50.0 Å². The van der Waals surface area contributed by atoms with Crippen molar-refractivity contribution in [1.29, 1.82) is 0 Å². The van der Waals surface area contributed by atoms with Gasteiger partial charge < -0.3 is 5.32 Å². The van der Waals surface area contributed by atoms with Crippen LogP contribution in [0.1, 0.15) is 47.7 Å². The first-order valence-corrected chi connectivity index (χ1v) is 8.80. The van der Waals surface area contributed by atoms with Gasteiger partial charge in [-0.2, -0.15) is 0 Å². The third kappa shape index (κ3) is 2.87. The van der Waals surface area contributed by atoms with Gasteiger partial charge in [-0.25, -0.2) is 0 Å². The number of hydrogen-bond acceptors (Lipinski definition) is 4. The predicted molar refractivity (Wildman–Crippen MR) is 85.7 cm³/mol. The van der Waals surface area contributed by atoms with Gasteiger partial charge in [0.15, 0.2) is 0 Å².